The van der Waals surface area contributed by atoms with E-state index >= 15 is 0 Å². The van der Waals surface area contributed by atoms with Gasteiger partial charge in [0, 0.05) is 17.9 Å². The van der Waals surface area contributed by atoms with E-state index in [-0.39, 0.29) is 0 Å². The fourth-order valence-corrected chi connectivity index (χ4v) is 3.08. The summed E-state index contributed by atoms with van der Waals surface area (Å²) in [7, 11) is 0. The number of aryl methyl sites for hydroxylation is 1. The minimum atomic E-state index is 0.760. The van der Waals surface area contributed by atoms with E-state index in [1.165, 1.54) is 11.1 Å². The number of aromatic nitrogens is 3. The van der Waals surface area contributed by atoms with E-state index in [9.17, 15) is 0 Å². The van der Waals surface area contributed by atoms with Crippen LogP contribution in [0.25, 0.3) is 5.69 Å². The van der Waals surface area contributed by atoms with Gasteiger partial charge < -0.3 is 0 Å². The Kier molecular flexibility index (Phi) is 4.93. The van der Waals surface area contributed by atoms with E-state index in [4.69, 9.17) is 0 Å². The van der Waals surface area contributed by atoms with Crippen LogP contribution >= 0.6 is 11.8 Å². The molecule has 23 heavy (non-hydrogen) atoms. The largest absolute Gasteiger partial charge is 0.274 e. The average Bonchev–Trinajstić information content (AvgIpc) is 2.97. The highest BCUT2D eigenvalue weighted by Gasteiger charge is 2.14. The minimum Gasteiger partial charge on any atom is -0.274 e. The first-order valence-corrected chi connectivity index (χ1v) is 8.55. The van der Waals surface area contributed by atoms with Crippen LogP contribution in [0.1, 0.15) is 17.0 Å². The number of hydrogen-bond donors (Lipinski definition) is 0. The molecule has 0 unspecified atom stereocenters. The zero-order chi connectivity index (χ0) is 16.1. The Hall–Kier alpha value is -2.33. The van der Waals surface area contributed by atoms with E-state index < -0.39 is 0 Å². The van der Waals surface area contributed by atoms with Crippen molar-refractivity contribution in [3.05, 3.63) is 84.2 Å². The van der Waals surface area contributed by atoms with Crippen molar-refractivity contribution >= 4 is 11.8 Å². The van der Waals surface area contributed by atoms with Gasteiger partial charge in [-0.05, 0) is 24.6 Å². The zero-order valence-corrected chi connectivity index (χ0v) is 14.0. The maximum atomic E-state index is 4.42. The smallest absolute Gasteiger partial charge is 0.196 e. The number of hydrogen-bond acceptors (Lipinski definition) is 3. The predicted octanol–water partition coefficient (Wildman–Crippen LogP) is 4.44. The molecular weight excluding hydrogens is 302 g/mol. The monoisotopic (exact) mass is 321 g/mol. The first kappa shape index (κ1) is 15.6. The second kappa shape index (κ2) is 7.29. The van der Waals surface area contributed by atoms with Crippen molar-refractivity contribution < 1.29 is 0 Å². The van der Waals surface area contributed by atoms with Crippen LogP contribution in [-0.2, 0) is 6.42 Å². The summed E-state index contributed by atoms with van der Waals surface area (Å²) < 4.78 is 2.14. The molecule has 0 N–H and O–H groups in total. The van der Waals surface area contributed by atoms with E-state index in [1.807, 2.05) is 12.1 Å². The van der Waals surface area contributed by atoms with Gasteiger partial charge in [0.15, 0.2) is 5.16 Å². The minimum absolute atomic E-state index is 0.760. The Morgan fingerprint density at radius 2 is 1.78 bits per heavy atom. The van der Waals surface area contributed by atoms with Gasteiger partial charge in [-0.15, -0.1) is 16.8 Å². The van der Waals surface area contributed by atoms with E-state index in [0.29, 0.717) is 0 Å². The lowest BCUT2D eigenvalue weighted by Crippen LogP contribution is -2.04. The summed E-state index contributed by atoms with van der Waals surface area (Å²) in [5.74, 6) is 1.77. The molecule has 3 nitrogen and oxygen atoms in total. The molecule has 0 aliphatic heterocycles. The summed E-state index contributed by atoms with van der Waals surface area (Å²) in [5.41, 5.74) is 3.57. The molecule has 0 aliphatic carbocycles. The van der Waals surface area contributed by atoms with Crippen LogP contribution in [0.2, 0.25) is 0 Å². The Balaban J connectivity index is 2.00. The van der Waals surface area contributed by atoms with Gasteiger partial charge in [-0.1, -0.05) is 65.9 Å². The third kappa shape index (κ3) is 3.71. The molecule has 4 heteroatoms. The highest BCUT2D eigenvalue weighted by molar-refractivity contribution is 7.99. The molecule has 0 bridgehead atoms. The van der Waals surface area contributed by atoms with Crippen molar-refractivity contribution in [1.82, 2.24) is 14.8 Å². The lowest BCUT2D eigenvalue weighted by atomic mass is 10.1. The zero-order valence-electron chi connectivity index (χ0n) is 13.1. The normalized spacial score (nSPS) is 10.7. The molecule has 1 aromatic heterocycles. The van der Waals surface area contributed by atoms with Gasteiger partial charge in [0.05, 0.1) is 0 Å². The Labute approximate surface area is 141 Å². The van der Waals surface area contributed by atoms with Crippen molar-refractivity contribution in [2.24, 2.45) is 0 Å². The Morgan fingerprint density at radius 3 is 2.48 bits per heavy atom. The standard InChI is InChI=1S/C19H19N3S/c1-3-13-23-19-21-20-18(14-16-7-5-4-6-8-16)22(19)17-11-9-15(2)10-12-17/h3-12H,1,13-14H2,2H3. The quantitative estimate of drug-likeness (QED) is 0.496. The topological polar surface area (TPSA) is 30.7 Å². The molecule has 0 radical (unpaired) electrons. The molecule has 3 rings (SSSR count). The van der Waals surface area contributed by atoms with E-state index in [2.05, 4.69) is 76.8 Å². The highest BCUT2D eigenvalue weighted by atomic mass is 32.2. The van der Waals surface area contributed by atoms with E-state index in [0.717, 1.165) is 28.8 Å². The van der Waals surface area contributed by atoms with Crippen molar-refractivity contribution in [3.8, 4) is 5.69 Å². The summed E-state index contributed by atoms with van der Waals surface area (Å²) >= 11 is 1.65. The molecule has 116 valence electrons. The molecule has 1 heterocycles. The summed E-state index contributed by atoms with van der Waals surface area (Å²) in [6, 6.07) is 18.8. The highest BCUT2D eigenvalue weighted by Crippen LogP contribution is 2.23. The van der Waals surface area contributed by atoms with Gasteiger partial charge >= 0.3 is 0 Å². The molecule has 0 atom stereocenters. The van der Waals surface area contributed by atoms with Gasteiger partial charge in [0.1, 0.15) is 5.82 Å². The molecular formula is C19H19N3S. The van der Waals surface area contributed by atoms with Crippen LogP contribution in [0.3, 0.4) is 0 Å². The number of nitrogens with zero attached hydrogens (tertiary/aromatic N) is 3. The van der Waals surface area contributed by atoms with Crippen LogP contribution < -0.4 is 0 Å². The van der Waals surface area contributed by atoms with Crippen LogP contribution in [0, 0.1) is 6.92 Å². The summed E-state index contributed by atoms with van der Waals surface area (Å²) in [4.78, 5) is 0. The first-order valence-electron chi connectivity index (χ1n) is 7.57. The van der Waals surface area contributed by atoms with E-state index in [1.54, 1.807) is 11.8 Å². The van der Waals surface area contributed by atoms with Crippen molar-refractivity contribution in [2.75, 3.05) is 5.75 Å². The molecule has 0 saturated heterocycles. The average molecular weight is 321 g/mol. The first-order chi connectivity index (χ1) is 11.3. The lowest BCUT2D eigenvalue weighted by Gasteiger charge is -2.10. The fraction of sp³-hybridized carbons (Fsp3) is 0.158. The maximum Gasteiger partial charge on any atom is 0.196 e. The maximum absolute atomic E-state index is 4.42. The van der Waals surface area contributed by atoms with Crippen molar-refractivity contribution in [2.45, 2.75) is 18.5 Å². The Morgan fingerprint density at radius 1 is 1.04 bits per heavy atom. The van der Waals surface area contributed by atoms with Gasteiger partial charge in [-0.3, -0.25) is 4.57 Å². The van der Waals surface area contributed by atoms with Crippen molar-refractivity contribution in [3.63, 3.8) is 0 Å². The fourth-order valence-electron chi connectivity index (χ4n) is 2.37. The second-order valence-corrected chi connectivity index (χ2v) is 6.32. The van der Waals surface area contributed by atoms with Crippen LogP contribution in [0.5, 0.6) is 0 Å². The van der Waals surface area contributed by atoms with Gasteiger partial charge in [0.2, 0.25) is 0 Å². The number of rotatable bonds is 6. The van der Waals surface area contributed by atoms with Crippen LogP contribution in [0.15, 0.2) is 72.4 Å². The number of thioether (sulfide) groups is 1. The van der Waals surface area contributed by atoms with Crippen LogP contribution in [0.4, 0.5) is 0 Å². The molecule has 3 aromatic rings. The predicted molar refractivity (Wildman–Crippen MR) is 96.3 cm³/mol. The summed E-state index contributed by atoms with van der Waals surface area (Å²) in [6.07, 6.45) is 2.64. The number of benzene rings is 2. The molecule has 0 amide bonds. The summed E-state index contributed by atoms with van der Waals surface area (Å²) in [5, 5.41) is 9.70. The summed E-state index contributed by atoms with van der Waals surface area (Å²) in [6.45, 7) is 5.88. The van der Waals surface area contributed by atoms with Gasteiger partial charge in [-0.25, -0.2) is 0 Å². The molecule has 2 aromatic carbocycles. The molecule has 0 fully saturated rings. The Bertz CT molecular complexity index is 776. The third-order valence-electron chi connectivity index (χ3n) is 3.53. The SMILES string of the molecule is C=CCSc1nnc(Cc2ccccc2)n1-c1ccc(C)cc1. The van der Waals surface area contributed by atoms with Gasteiger partial charge in [-0.2, -0.15) is 0 Å². The second-order valence-electron chi connectivity index (χ2n) is 5.33. The molecule has 0 spiro atoms. The molecule has 0 saturated carbocycles. The van der Waals surface area contributed by atoms with Gasteiger partial charge in [0.25, 0.3) is 0 Å². The third-order valence-corrected chi connectivity index (χ3v) is 4.45. The lowest BCUT2D eigenvalue weighted by molar-refractivity contribution is 0.848. The van der Waals surface area contributed by atoms with Crippen LogP contribution in [-0.4, -0.2) is 20.5 Å². The molecule has 0 aliphatic rings. The van der Waals surface area contributed by atoms with Crippen molar-refractivity contribution in [1.29, 1.82) is 0 Å².